The molecule has 3 heterocycles. The summed E-state index contributed by atoms with van der Waals surface area (Å²) in [6.07, 6.45) is 1.07. The molecule has 0 radical (unpaired) electrons. The lowest BCUT2D eigenvalue weighted by atomic mass is 10.0. The van der Waals surface area contributed by atoms with E-state index < -0.39 is 0 Å². The largest absolute Gasteiger partial charge is 0.454 e. The van der Waals surface area contributed by atoms with Gasteiger partial charge in [-0.15, -0.1) is 0 Å². The summed E-state index contributed by atoms with van der Waals surface area (Å²) in [7, 11) is 1.78. The van der Waals surface area contributed by atoms with Crippen LogP contribution >= 0.6 is 0 Å². The second-order valence-corrected chi connectivity index (χ2v) is 7.68. The van der Waals surface area contributed by atoms with Gasteiger partial charge in [-0.3, -0.25) is 4.79 Å². The van der Waals surface area contributed by atoms with Crippen molar-refractivity contribution in [2.75, 3.05) is 19.9 Å². The minimum absolute atomic E-state index is 0.126. The van der Waals surface area contributed by atoms with E-state index in [0.29, 0.717) is 35.8 Å². The number of nitriles is 1. The van der Waals surface area contributed by atoms with Crippen LogP contribution in [-0.2, 0) is 11.8 Å². The lowest BCUT2D eigenvalue weighted by molar-refractivity contribution is -0.0799. The van der Waals surface area contributed by atoms with E-state index in [0.717, 1.165) is 11.1 Å². The highest BCUT2D eigenvalue weighted by Gasteiger charge is 2.34. The molecule has 3 aromatic rings. The standard InChI is InChI=1S/C24H21N3O4/c1-26-12-16(11-25)9-19(26)24(28)27-13-22(17-5-3-2-4-6-17)31-23(14-27)18-7-8-20-21(10-18)30-15-29-20/h2-10,12,22-23H,13-15H2,1H3/t22-,23+/m0/s1. The number of carbonyl (C=O) groups excluding carboxylic acids is 1. The Morgan fingerprint density at radius 2 is 1.74 bits per heavy atom. The van der Waals surface area contributed by atoms with E-state index in [1.54, 1.807) is 28.8 Å². The van der Waals surface area contributed by atoms with E-state index in [1.807, 2.05) is 48.5 Å². The normalized spacial score (nSPS) is 19.8. The zero-order valence-corrected chi connectivity index (χ0v) is 17.0. The fourth-order valence-electron chi connectivity index (χ4n) is 4.07. The molecule has 2 aliphatic heterocycles. The first-order valence-electron chi connectivity index (χ1n) is 10.1. The monoisotopic (exact) mass is 415 g/mol. The summed E-state index contributed by atoms with van der Waals surface area (Å²) in [6, 6.07) is 19.4. The maximum absolute atomic E-state index is 13.4. The summed E-state index contributed by atoms with van der Waals surface area (Å²) in [5.74, 6) is 1.26. The van der Waals surface area contributed by atoms with Gasteiger partial charge in [0.25, 0.3) is 5.91 Å². The number of morpholine rings is 1. The lowest BCUT2D eigenvalue weighted by Crippen LogP contribution is -2.44. The molecule has 0 spiro atoms. The van der Waals surface area contributed by atoms with Gasteiger partial charge in [-0.2, -0.15) is 5.26 Å². The van der Waals surface area contributed by atoms with E-state index in [-0.39, 0.29) is 24.9 Å². The molecule has 0 bridgehead atoms. The topological polar surface area (TPSA) is 76.7 Å². The third kappa shape index (κ3) is 3.62. The molecule has 0 N–H and O–H groups in total. The number of fused-ring (bicyclic) bond motifs is 1. The summed E-state index contributed by atoms with van der Waals surface area (Å²) in [5, 5.41) is 9.20. The van der Waals surface area contributed by atoms with Gasteiger partial charge in [-0.25, -0.2) is 0 Å². The van der Waals surface area contributed by atoms with Crippen molar-refractivity contribution in [1.29, 1.82) is 5.26 Å². The predicted octanol–water partition coefficient (Wildman–Crippen LogP) is 3.58. The number of benzene rings is 2. The third-order valence-corrected chi connectivity index (χ3v) is 5.68. The summed E-state index contributed by atoms with van der Waals surface area (Å²) in [5.41, 5.74) is 2.88. The number of aryl methyl sites for hydroxylation is 1. The van der Waals surface area contributed by atoms with Gasteiger partial charge in [0.05, 0.1) is 18.7 Å². The van der Waals surface area contributed by atoms with Crippen LogP contribution in [-0.4, -0.2) is 35.3 Å². The third-order valence-electron chi connectivity index (χ3n) is 5.68. The Morgan fingerprint density at radius 3 is 2.48 bits per heavy atom. The molecule has 5 rings (SSSR count). The average molecular weight is 415 g/mol. The summed E-state index contributed by atoms with van der Waals surface area (Å²) in [4.78, 5) is 15.2. The number of hydrogen-bond acceptors (Lipinski definition) is 5. The van der Waals surface area contributed by atoms with Crippen LogP contribution in [0.5, 0.6) is 11.5 Å². The zero-order valence-electron chi connectivity index (χ0n) is 17.0. The van der Waals surface area contributed by atoms with Crippen LogP contribution in [0.3, 0.4) is 0 Å². The number of ether oxygens (including phenoxy) is 3. The van der Waals surface area contributed by atoms with Crippen molar-refractivity contribution in [3.8, 4) is 17.6 Å². The van der Waals surface area contributed by atoms with E-state index in [1.165, 1.54) is 0 Å². The van der Waals surface area contributed by atoms with Gasteiger partial charge in [-0.05, 0) is 29.3 Å². The van der Waals surface area contributed by atoms with E-state index in [9.17, 15) is 10.1 Å². The number of amides is 1. The molecule has 0 aliphatic carbocycles. The van der Waals surface area contributed by atoms with Crippen LogP contribution in [0, 0.1) is 11.3 Å². The second kappa shape index (κ2) is 7.82. The molecular weight excluding hydrogens is 394 g/mol. The van der Waals surface area contributed by atoms with Crippen molar-refractivity contribution in [3.63, 3.8) is 0 Å². The predicted molar refractivity (Wildman–Crippen MR) is 112 cm³/mol. The number of nitrogens with zero attached hydrogens (tertiary/aromatic N) is 3. The molecule has 156 valence electrons. The van der Waals surface area contributed by atoms with Crippen molar-refractivity contribution < 1.29 is 19.0 Å². The molecule has 0 unspecified atom stereocenters. The Hall–Kier alpha value is -3.76. The Balaban J connectivity index is 1.48. The SMILES string of the molecule is Cn1cc(C#N)cc1C(=O)N1C[C@@H](c2ccccc2)O[C@@H](c2ccc3c(c2)OCO3)C1. The fraction of sp³-hybridized carbons (Fsp3) is 0.250. The minimum Gasteiger partial charge on any atom is -0.454 e. The van der Waals surface area contributed by atoms with Gasteiger partial charge in [0.15, 0.2) is 11.5 Å². The number of carbonyl (C=O) groups is 1. The Morgan fingerprint density at radius 1 is 1.00 bits per heavy atom. The van der Waals surface area contributed by atoms with Gasteiger partial charge in [0.1, 0.15) is 24.0 Å². The highest BCUT2D eigenvalue weighted by molar-refractivity contribution is 5.93. The maximum atomic E-state index is 13.4. The molecule has 7 nitrogen and oxygen atoms in total. The quantitative estimate of drug-likeness (QED) is 0.654. The Labute approximate surface area is 180 Å². The maximum Gasteiger partial charge on any atom is 0.270 e. The second-order valence-electron chi connectivity index (χ2n) is 7.68. The van der Waals surface area contributed by atoms with E-state index in [4.69, 9.17) is 14.2 Å². The van der Waals surface area contributed by atoms with Crippen molar-refractivity contribution >= 4 is 5.91 Å². The molecule has 7 heteroatoms. The number of hydrogen-bond donors (Lipinski definition) is 0. The number of aromatic nitrogens is 1. The van der Waals surface area contributed by atoms with Crippen LogP contribution in [0.25, 0.3) is 0 Å². The molecule has 2 aliphatic rings. The van der Waals surface area contributed by atoms with Crippen molar-refractivity contribution in [2.24, 2.45) is 7.05 Å². The van der Waals surface area contributed by atoms with Crippen molar-refractivity contribution in [3.05, 3.63) is 83.2 Å². The smallest absolute Gasteiger partial charge is 0.270 e. The van der Waals surface area contributed by atoms with Crippen LogP contribution in [0.4, 0.5) is 0 Å². The first-order valence-corrected chi connectivity index (χ1v) is 10.1. The van der Waals surface area contributed by atoms with Crippen molar-refractivity contribution in [1.82, 2.24) is 9.47 Å². The molecule has 2 atom stereocenters. The highest BCUT2D eigenvalue weighted by atomic mass is 16.7. The number of rotatable bonds is 3. The van der Waals surface area contributed by atoms with E-state index in [2.05, 4.69) is 6.07 Å². The van der Waals surface area contributed by atoms with Crippen molar-refractivity contribution in [2.45, 2.75) is 12.2 Å². The Bertz CT molecular complexity index is 1170. The first kappa shape index (κ1) is 19.2. The molecule has 1 amide bonds. The van der Waals surface area contributed by atoms with Crippen LogP contribution in [0.1, 0.15) is 39.4 Å². The minimum atomic E-state index is -0.326. The molecule has 1 fully saturated rings. The van der Waals surface area contributed by atoms with Crippen LogP contribution in [0.2, 0.25) is 0 Å². The average Bonchev–Trinajstić information content (AvgIpc) is 3.44. The Kier molecular flexibility index (Phi) is 4.85. The van der Waals surface area contributed by atoms with Gasteiger partial charge in [0, 0.05) is 13.2 Å². The lowest BCUT2D eigenvalue weighted by Gasteiger charge is -2.38. The van der Waals surface area contributed by atoms with Crippen LogP contribution < -0.4 is 9.47 Å². The van der Waals surface area contributed by atoms with E-state index >= 15 is 0 Å². The molecule has 1 saturated heterocycles. The molecule has 2 aromatic carbocycles. The molecule has 1 aromatic heterocycles. The van der Waals surface area contributed by atoms with Gasteiger partial charge >= 0.3 is 0 Å². The van der Waals surface area contributed by atoms with Gasteiger partial charge < -0.3 is 23.7 Å². The fourth-order valence-corrected chi connectivity index (χ4v) is 4.07. The molecule has 0 saturated carbocycles. The van der Waals surface area contributed by atoms with Gasteiger partial charge in [-0.1, -0.05) is 36.4 Å². The summed E-state index contributed by atoms with van der Waals surface area (Å²) < 4.78 is 19.1. The highest BCUT2D eigenvalue weighted by Crippen LogP contribution is 2.39. The summed E-state index contributed by atoms with van der Waals surface area (Å²) in [6.45, 7) is 1.03. The zero-order chi connectivity index (χ0) is 21.4. The summed E-state index contributed by atoms with van der Waals surface area (Å²) >= 11 is 0. The molecule has 31 heavy (non-hydrogen) atoms. The first-order chi connectivity index (χ1) is 15.1. The molecular formula is C24H21N3O4. The van der Waals surface area contributed by atoms with Crippen LogP contribution in [0.15, 0.2) is 60.8 Å². The van der Waals surface area contributed by atoms with Gasteiger partial charge in [0.2, 0.25) is 6.79 Å².